The van der Waals surface area contributed by atoms with Crippen LogP contribution in [0.5, 0.6) is 0 Å². The van der Waals surface area contributed by atoms with Crippen LogP contribution in [0.1, 0.15) is 54.6 Å². The second-order valence-electron chi connectivity index (χ2n) is 6.45. The number of aromatic nitrogens is 2. The van der Waals surface area contributed by atoms with Crippen molar-refractivity contribution in [1.29, 1.82) is 0 Å². The van der Waals surface area contributed by atoms with Crippen LogP contribution in [0, 0.1) is 0 Å². The fourth-order valence-electron chi connectivity index (χ4n) is 3.23. The lowest BCUT2D eigenvalue weighted by molar-refractivity contribution is 0.0871. The van der Waals surface area contributed by atoms with Gasteiger partial charge in [-0.05, 0) is 68.4 Å². The summed E-state index contributed by atoms with van der Waals surface area (Å²) in [6.45, 7) is 2.11. The molecule has 1 heterocycles. The molecule has 0 bridgehead atoms. The van der Waals surface area contributed by atoms with Crippen molar-refractivity contribution in [3.8, 4) is 0 Å². The Balaban J connectivity index is 1.62. The molecule has 23 heavy (non-hydrogen) atoms. The van der Waals surface area contributed by atoms with Crippen LogP contribution in [0.25, 0.3) is 0 Å². The molecule has 0 atom stereocenters. The molecule has 1 saturated carbocycles. The van der Waals surface area contributed by atoms with E-state index in [9.17, 15) is 4.79 Å². The van der Waals surface area contributed by atoms with Gasteiger partial charge in [0.1, 0.15) is 0 Å². The summed E-state index contributed by atoms with van der Waals surface area (Å²) in [7, 11) is 0. The highest BCUT2D eigenvalue weighted by Gasteiger charge is 2.33. The van der Waals surface area contributed by atoms with Gasteiger partial charge >= 0.3 is 0 Å². The summed E-state index contributed by atoms with van der Waals surface area (Å²) in [5.41, 5.74) is 1.47. The van der Waals surface area contributed by atoms with Gasteiger partial charge in [0.05, 0.1) is 0 Å². The molecule has 4 nitrogen and oxygen atoms in total. The second-order valence-corrected chi connectivity index (χ2v) is 6.89. The van der Waals surface area contributed by atoms with Gasteiger partial charge in [0, 0.05) is 16.8 Å². The van der Waals surface area contributed by atoms with Gasteiger partial charge in [0.2, 0.25) is 0 Å². The molecule has 1 amide bonds. The lowest BCUT2D eigenvalue weighted by Crippen LogP contribution is -2.48. The zero-order valence-electron chi connectivity index (χ0n) is 13.1. The third kappa shape index (κ3) is 3.88. The van der Waals surface area contributed by atoms with Crippen molar-refractivity contribution in [2.75, 3.05) is 0 Å². The van der Waals surface area contributed by atoms with Gasteiger partial charge in [-0.25, -0.2) is 0 Å². The Morgan fingerprint density at radius 3 is 2.70 bits per heavy atom. The Labute approximate surface area is 141 Å². The summed E-state index contributed by atoms with van der Waals surface area (Å²) >= 11 is 6.09. The van der Waals surface area contributed by atoms with Gasteiger partial charge in [0.15, 0.2) is 5.69 Å². The summed E-state index contributed by atoms with van der Waals surface area (Å²) in [6.07, 6.45) is 5.52. The first-order chi connectivity index (χ1) is 11.1. The van der Waals surface area contributed by atoms with Crippen molar-refractivity contribution in [2.24, 2.45) is 0 Å². The molecule has 1 aromatic carbocycles. The number of carbonyl (C=O) groups excluding carboxylic acids is 1. The van der Waals surface area contributed by atoms with Crippen molar-refractivity contribution in [1.82, 2.24) is 15.5 Å². The second kappa shape index (κ2) is 6.67. The standard InChI is InChI=1S/C18H20ClN3O/c1-18(21-17(23)16-6-3-11-20-22-16)9-7-13(8-10-18)14-4-2-5-15(19)12-14/h2-6,11-13H,7-10H2,1H3,(H,21,23). The van der Waals surface area contributed by atoms with E-state index in [0.717, 1.165) is 30.7 Å². The van der Waals surface area contributed by atoms with E-state index in [1.807, 2.05) is 18.2 Å². The van der Waals surface area contributed by atoms with E-state index in [4.69, 9.17) is 11.6 Å². The molecule has 0 aliphatic heterocycles. The monoisotopic (exact) mass is 329 g/mol. The van der Waals surface area contributed by atoms with E-state index < -0.39 is 0 Å². The van der Waals surface area contributed by atoms with Crippen molar-refractivity contribution in [3.05, 3.63) is 58.9 Å². The zero-order chi connectivity index (χ0) is 16.3. The maximum Gasteiger partial charge on any atom is 0.272 e. The van der Waals surface area contributed by atoms with Crippen LogP contribution < -0.4 is 5.32 Å². The number of carbonyl (C=O) groups is 1. The molecule has 2 aromatic rings. The van der Waals surface area contributed by atoms with Crippen molar-refractivity contribution in [3.63, 3.8) is 0 Å². The minimum Gasteiger partial charge on any atom is -0.345 e. The van der Waals surface area contributed by atoms with Crippen LogP contribution in [0.15, 0.2) is 42.6 Å². The Morgan fingerprint density at radius 2 is 2.04 bits per heavy atom. The minimum absolute atomic E-state index is 0.151. The first kappa shape index (κ1) is 15.9. The SMILES string of the molecule is CC1(NC(=O)c2cccnn2)CCC(c2cccc(Cl)c2)CC1. The quantitative estimate of drug-likeness (QED) is 0.926. The Kier molecular flexibility index (Phi) is 4.62. The lowest BCUT2D eigenvalue weighted by atomic mass is 9.75. The van der Waals surface area contributed by atoms with Gasteiger partial charge in [0.25, 0.3) is 5.91 Å². The topological polar surface area (TPSA) is 54.9 Å². The first-order valence-corrected chi connectivity index (χ1v) is 8.29. The molecule has 0 unspecified atom stereocenters. The highest BCUT2D eigenvalue weighted by Crippen LogP contribution is 2.38. The minimum atomic E-state index is -0.191. The molecule has 1 N–H and O–H groups in total. The fourth-order valence-corrected chi connectivity index (χ4v) is 3.43. The van der Waals surface area contributed by atoms with Crippen LogP contribution in [-0.2, 0) is 0 Å². The fraction of sp³-hybridized carbons (Fsp3) is 0.389. The Hall–Kier alpha value is -1.94. The van der Waals surface area contributed by atoms with Crippen LogP contribution in [0.3, 0.4) is 0 Å². The number of amides is 1. The number of nitrogens with zero attached hydrogens (tertiary/aromatic N) is 2. The van der Waals surface area contributed by atoms with Crippen LogP contribution in [0.4, 0.5) is 0 Å². The Bertz CT molecular complexity index is 682. The van der Waals surface area contributed by atoms with Gasteiger partial charge in [-0.2, -0.15) is 5.10 Å². The normalized spacial score (nSPS) is 24.2. The zero-order valence-corrected chi connectivity index (χ0v) is 13.9. The average Bonchev–Trinajstić information content (AvgIpc) is 2.56. The third-order valence-corrected chi connectivity index (χ3v) is 4.86. The molecule has 5 heteroatoms. The number of halogens is 1. The molecule has 0 radical (unpaired) electrons. The van der Waals surface area contributed by atoms with Crippen LogP contribution >= 0.6 is 11.6 Å². The average molecular weight is 330 g/mol. The molecule has 0 spiro atoms. The molecule has 120 valence electrons. The van der Waals surface area contributed by atoms with Gasteiger partial charge in [-0.15, -0.1) is 5.10 Å². The molecule has 3 rings (SSSR count). The predicted molar refractivity (Wildman–Crippen MR) is 90.6 cm³/mol. The number of hydrogen-bond donors (Lipinski definition) is 1. The summed E-state index contributed by atoms with van der Waals surface area (Å²) in [5.74, 6) is 0.358. The highest BCUT2D eigenvalue weighted by atomic mass is 35.5. The third-order valence-electron chi connectivity index (χ3n) is 4.63. The van der Waals surface area contributed by atoms with Crippen molar-refractivity contribution >= 4 is 17.5 Å². The van der Waals surface area contributed by atoms with Crippen molar-refractivity contribution in [2.45, 2.75) is 44.1 Å². The van der Waals surface area contributed by atoms with E-state index in [-0.39, 0.29) is 11.4 Å². The van der Waals surface area contributed by atoms with E-state index in [1.54, 1.807) is 18.3 Å². The van der Waals surface area contributed by atoms with Crippen LogP contribution in [-0.4, -0.2) is 21.6 Å². The maximum absolute atomic E-state index is 12.3. The van der Waals surface area contributed by atoms with Crippen LogP contribution in [0.2, 0.25) is 5.02 Å². The molecular formula is C18H20ClN3O. The molecule has 0 saturated heterocycles. The number of rotatable bonds is 3. The maximum atomic E-state index is 12.3. The Morgan fingerprint density at radius 1 is 1.26 bits per heavy atom. The van der Waals surface area contributed by atoms with E-state index in [2.05, 4.69) is 28.5 Å². The molecule has 1 aliphatic rings. The summed E-state index contributed by atoms with van der Waals surface area (Å²) < 4.78 is 0. The summed E-state index contributed by atoms with van der Waals surface area (Å²) in [4.78, 5) is 12.3. The van der Waals surface area contributed by atoms with E-state index >= 15 is 0 Å². The van der Waals surface area contributed by atoms with Gasteiger partial charge in [-0.1, -0.05) is 23.7 Å². The van der Waals surface area contributed by atoms with Gasteiger partial charge in [-0.3, -0.25) is 4.79 Å². The summed E-state index contributed by atoms with van der Waals surface area (Å²) in [6, 6.07) is 11.5. The number of benzene rings is 1. The van der Waals surface area contributed by atoms with Crippen molar-refractivity contribution < 1.29 is 4.79 Å². The summed E-state index contributed by atoms with van der Waals surface area (Å²) in [5, 5.41) is 11.5. The predicted octanol–water partition coefficient (Wildman–Crippen LogP) is 3.98. The van der Waals surface area contributed by atoms with E-state index in [1.165, 1.54) is 5.56 Å². The molecule has 1 aromatic heterocycles. The molecule has 1 aliphatic carbocycles. The smallest absolute Gasteiger partial charge is 0.272 e. The highest BCUT2D eigenvalue weighted by molar-refractivity contribution is 6.30. The molecular weight excluding hydrogens is 310 g/mol. The van der Waals surface area contributed by atoms with E-state index in [0.29, 0.717) is 11.6 Å². The number of nitrogens with one attached hydrogen (secondary N) is 1. The molecule has 1 fully saturated rings. The first-order valence-electron chi connectivity index (χ1n) is 7.91. The lowest BCUT2D eigenvalue weighted by Gasteiger charge is -2.38. The number of hydrogen-bond acceptors (Lipinski definition) is 3. The largest absolute Gasteiger partial charge is 0.345 e. The van der Waals surface area contributed by atoms with Gasteiger partial charge < -0.3 is 5.32 Å².